The van der Waals surface area contributed by atoms with E-state index in [0.29, 0.717) is 42.4 Å². The molecule has 4 aromatic carbocycles. The number of benzene rings is 4. The van der Waals surface area contributed by atoms with Gasteiger partial charge in [0, 0.05) is 49.3 Å². The Kier molecular flexibility index (Phi) is 13.6. The number of carbonyl (C=O) groups is 2. The second-order valence-electron chi connectivity index (χ2n) is 11.1. The highest BCUT2D eigenvalue weighted by Gasteiger charge is 2.15. The Morgan fingerprint density at radius 2 is 1.60 bits per heavy atom. The second kappa shape index (κ2) is 17.3. The zero-order chi connectivity index (χ0) is 32.6. The molecule has 0 radical (unpaired) electrons. The lowest BCUT2D eigenvalue weighted by molar-refractivity contribution is -0.118. The van der Waals surface area contributed by atoms with Gasteiger partial charge in [0.25, 0.3) is 0 Å². The van der Waals surface area contributed by atoms with Crippen LogP contribution in [0.15, 0.2) is 102 Å². The molecule has 5 rings (SSSR count). The van der Waals surface area contributed by atoms with Crippen molar-refractivity contribution in [2.45, 2.75) is 31.9 Å². The van der Waals surface area contributed by atoms with Gasteiger partial charge >= 0.3 is 6.09 Å². The fourth-order valence-electron chi connectivity index (χ4n) is 5.44. The van der Waals surface area contributed by atoms with Crippen LogP contribution in [0.1, 0.15) is 35.6 Å². The third-order valence-electron chi connectivity index (χ3n) is 7.90. The molecule has 0 saturated heterocycles. The monoisotopic (exact) mass is 692 g/mol. The maximum atomic E-state index is 12.9. The van der Waals surface area contributed by atoms with E-state index >= 15 is 0 Å². The smallest absolute Gasteiger partial charge is 0.409 e. The molecule has 0 unspecified atom stereocenters. The fourth-order valence-corrected chi connectivity index (χ4v) is 5.44. The van der Waals surface area contributed by atoms with Gasteiger partial charge in [-0.1, -0.05) is 60.7 Å². The van der Waals surface area contributed by atoms with E-state index in [4.69, 9.17) is 0 Å². The number of carboxylic acid groups (broad SMARTS) is 1. The van der Waals surface area contributed by atoms with Crippen LogP contribution in [-0.4, -0.2) is 45.9 Å². The highest BCUT2D eigenvalue weighted by atomic mass is 35.5. The normalized spacial score (nSPS) is 11.2. The molecule has 48 heavy (non-hydrogen) atoms. The molecular formula is C36H38Cl2N4O6. The molecule has 0 aliphatic carbocycles. The number of aromatic hydroxyl groups is 1. The van der Waals surface area contributed by atoms with Crippen LogP contribution >= 0.6 is 24.8 Å². The van der Waals surface area contributed by atoms with Crippen LogP contribution in [0, 0.1) is 0 Å². The van der Waals surface area contributed by atoms with Crippen LogP contribution in [0.2, 0.25) is 0 Å². The van der Waals surface area contributed by atoms with Crippen LogP contribution in [0.3, 0.4) is 0 Å². The Hall–Kier alpha value is -4.87. The van der Waals surface area contributed by atoms with Crippen molar-refractivity contribution < 1.29 is 24.9 Å². The number of carbonyl (C=O) groups excluding carboxylic acids is 1. The Morgan fingerprint density at radius 3 is 2.31 bits per heavy atom. The van der Waals surface area contributed by atoms with Gasteiger partial charge < -0.3 is 30.5 Å². The molecule has 1 heterocycles. The lowest BCUT2D eigenvalue weighted by atomic mass is 9.99. The quantitative estimate of drug-likeness (QED) is 0.0856. The first-order valence-corrected chi connectivity index (χ1v) is 15.0. The van der Waals surface area contributed by atoms with Crippen molar-refractivity contribution in [3.8, 4) is 16.9 Å². The molecule has 5 aromatic rings. The summed E-state index contributed by atoms with van der Waals surface area (Å²) in [5.41, 5.74) is 5.44. The molecule has 2 amide bonds. The van der Waals surface area contributed by atoms with Crippen molar-refractivity contribution in [3.05, 3.63) is 124 Å². The Balaban J connectivity index is 0.00000312. The Labute approximate surface area is 290 Å². The number of pyridine rings is 1. The topological polar surface area (TPSA) is 155 Å². The molecular weight excluding hydrogens is 655 g/mol. The van der Waals surface area contributed by atoms with E-state index in [-0.39, 0.29) is 54.1 Å². The number of anilines is 2. The lowest BCUT2D eigenvalue weighted by Gasteiger charge is -2.18. The van der Waals surface area contributed by atoms with Gasteiger partial charge in [-0.25, -0.2) is 4.79 Å². The van der Waals surface area contributed by atoms with Gasteiger partial charge in [-0.2, -0.15) is 0 Å². The van der Waals surface area contributed by atoms with Gasteiger partial charge in [0.05, 0.1) is 17.3 Å². The Morgan fingerprint density at radius 1 is 0.896 bits per heavy atom. The SMILES string of the molecule is CN(C(=O)CCCc1ccc(-c2ccccc2)c(NC(=O)O)c1)c1ccc(CNC[C@H](O)c2ccc(O)c3[nH]c(=O)ccc23)cc1.Cl.Cl. The van der Waals surface area contributed by atoms with Crippen molar-refractivity contribution >= 4 is 59.1 Å². The van der Waals surface area contributed by atoms with Crippen LogP contribution < -0.4 is 21.1 Å². The van der Waals surface area contributed by atoms with Gasteiger partial charge in [0.2, 0.25) is 11.5 Å². The minimum atomic E-state index is -1.13. The Bertz CT molecular complexity index is 1900. The highest BCUT2D eigenvalue weighted by Crippen LogP contribution is 2.30. The highest BCUT2D eigenvalue weighted by molar-refractivity contribution is 5.93. The molecule has 0 aliphatic heterocycles. The molecule has 12 heteroatoms. The summed E-state index contributed by atoms with van der Waals surface area (Å²) in [6.07, 6.45) is -0.430. The van der Waals surface area contributed by atoms with E-state index in [0.717, 1.165) is 27.9 Å². The van der Waals surface area contributed by atoms with Gasteiger partial charge in [0.1, 0.15) is 5.75 Å². The van der Waals surface area contributed by atoms with Crippen molar-refractivity contribution in [2.24, 2.45) is 0 Å². The van der Waals surface area contributed by atoms with Crippen molar-refractivity contribution in [1.29, 1.82) is 0 Å². The molecule has 6 N–H and O–H groups in total. The number of aryl methyl sites for hydroxylation is 1. The van der Waals surface area contributed by atoms with Gasteiger partial charge in [-0.15, -0.1) is 24.8 Å². The average molecular weight is 694 g/mol. The van der Waals surface area contributed by atoms with Gasteiger partial charge in [0.15, 0.2) is 0 Å². The number of phenolic OH excluding ortho intramolecular Hbond substituents is 1. The number of nitrogens with one attached hydrogen (secondary N) is 3. The van der Waals surface area contributed by atoms with E-state index in [1.807, 2.05) is 72.8 Å². The zero-order valence-corrected chi connectivity index (χ0v) is 27.8. The maximum absolute atomic E-state index is 12.9. The molecule has 10 nitrogen and oxygen atoms in total. The molecule has 252 valence electrons. The molecule has 0 spiro atoms. The molecule has 0 saturated carbocycles. The number of amides is 2. The first-order chi connectivity index (χ1) is 22.2. The lowest BCUT2D eigenvalue weighted by Crippen LogP contribution is -2.26. The van der Waals surface area contributed by atoms with Crippen molar-refractivity contribution in [1.82, 2.24) is 10.3 Å². The summed E-state index contributed by atoms with van der Waals surface area (Å²) < 4.78 is 0. The number of fused-ring (bicyclic) bond motifs is 1. The number of hydrogen-bond acceptors (Lipinski definition) is 6. The third-order valence-corrected chi connectivity index (χ3v) is 7.90. The van der Waals surface area contributed by atoms with E-state index in [9.17, 15) is 29.7 Å². The number of aliphatic hydroxyl groups is 1. The summed E-state index contributed by atoms with van der Waals surface area (Å²) in [7, 11) is 1.74. The minimum absolute atomic E-state index is 0. The van der Waals surface area contributed by atoms with Crippen LogP contribution in [-0.2, 0) is 17.8 Å². The standard InChI is InChI=1S/C36H36N4O6.2ClH/c1-40(34(44)9-5-6-23-12-15-27(25-7-3-2-4-8-25)30(20-23)38-36(45)46)26-13-10-24(11-14-26)21-37-22-32(42)28-16-18-31(41)35-29(28)17-19-33(43)39-35;;/h2-4,7-8,10-20,32,37-38,41-42H,5-6,9,21-22H2,1H3,(H,39,43)(H,45,46);2*1H/t32-;;/m0../s1. The summed E-state index contributed by atoms with van der Waals surface area (Å²) in [5.74, 6) is -0.0839. The number of rotatable bonds is 12. The number of halogens is 2. The van der Waals surface area contributed by atoms with E-state index < -0.39 is 12.2 Å². The number of hydrogen-bond donors (Lipinski definition) is 6. The first kappa shape index (κ1) is 37.6. The summed E-state index contributed by atoms with van der Waals surface area (Å²) >= 11 is 0. The third kappa shape index (κ3) is 9.36. The first-order valence-electron chi connectivity index (χ1n) is 15.0. The van der Waals surface area contributed by atoms with Crippen molar-refractivity contribution in [3.63, 3.8) is 0 Å². The number of phenols is 1. The number of nitrogens with zero attached hydrogens (tertiary/aromatic N) is 1. The van der Waals surface area contributed by atoms with Crippen molar-refractivity contribution in [2.75, 3.05) is 23.8 Å². The number of aliphatic hydroxyl groups excluding tert-OH is 1. The molecule has 0 aliphatic rings. The van der Waals surface area contributed by atoms with E-state index in [1.54, 1.807) is 24.1 Å². The largest absolute Gasteiger partial charge is 0.506 e. The van der Waals surface area contributed by atoms with Gasteiger partial charge in [-0.3, -0.25) is 14.9 Å². The summed E-state index contributed by atoms with van der Waals surface area (Å²) in [6, 6.07) is 28.9. The van der Waals surface area contributed by atoms with Gasteiger partial charge in [-0.05, 0) is 65.4 Å². The van der Waals surface area contributed by atoms with Crippen LogP contribution in [0.5, 0.6) is 5.75 Å². The molecule has 0 fully saturated rings. The summed E-state index contributed by atoms with van der Waals surface area (Å²) in [5, 5.41) is 36.5. The predicted octanol–water partition coefficient (Wildman–Crippen LogP) is 6.64. The maximum Gasteiger partial charge on any atom is 0.409 e. The average Bonchev–Trinajstić information content (AvgIpc) is 3.05. The summed E-state index contributed by atoms with van der Waals surface area (Å²) in [6.45, 7) is 0.742. The van der Waals surface area contributed by atoms with E-state index in [2.05, 4.69) is 15.6 Å². The van der Waals surface area contributed by atoms with E-state index in [1.165, 1.54) is 12.1 Å². The zero-order valence-electron chi connectivity index (χ0n) is 26.2. The minimum Gasteiger partial charge on any atom is -0.506 e. The molecule has 0 bridgehead atoms. The number of aromatic amines is 1. The number of aromatic nitrogens is 1. The number of H-pyrrole nitrogens is 1. The second-order valence-corrected chi connectivity index (χ2v) is 11.1. The molecule has 1 atom stereocenters. The van der Waals surface area contributed by atoms with Crippen LogP contribution in [0.25, 0.3) is 22.0 Å². The summed E-state index contributed by atoms with van der Waals surface area (Å²) in [4.78, 5) is 40.2. The predicted molar refractivity (Wildman–Crippen MR) is 194 cm³/mol. The fraction of sp³-hybridized carbons (Fsp3) is 0.194. The van der Waals surface area contributed by atoms with Crippen LogP contribution in [0.4, 0.5) is 16.2 Å². The molecule has 1 aromatic heterocycles.